The van der Waals surface area contributed by atoms with Gasteiger partial charge in [-0.15, -0.1) is 0 Å². The molecule has 168 valence electrons. The lowest BCUT2D eigenvalue weighted by Crippen LogP contribution is -2.29. The van der Waals surface area contributed by atoms with Crippen molar-refractivity contribution in [1.29, 1.82) is 0 Å². The van der Waals surface area contributed by atoms with E-state index in [9.17, 15) is 14.7 Å². The Morgan fingerprint density at radius 2 is 1.61 bits per heavy atom. The summed E-state index contributed by atoms with van der Waals surface area (Å²) in [5.74, 6) is -0.849. The first-order valence-corrected chi connectivity index (χ1v) is 10.9. The van der Waals surface area contributed by atoms with Gasteiger partial charge in [-0.1, -0.05) is 54.6 Å². The first-order chi connectivity index (χ1) is 15.8. The molecule has 1 heterocycles. The smallest absolute Gasteiger partial charge is 0.295 e. The molecule has 33 heavy (non-hydrogen) atoms. The Bertz CT molecular complexity index is 1270. The fourth-order valence-electron chi connectivity index (χ4n) is 4.32. The Hall–Kier alpha value is -3.86. The number of aryl methyl sites for hydroxylation is 3. The SMILES string of the molecule is COc1ccccc1CN1C(=O)C(=O)/C(=C(/O)c2ccc(C)c(C)c2)C1c1ccccc1C. The van der Waals surface area contributed by atoms with Crippen LogP contribution >= 0.6 is 0 Å². The molecule has 0 aromatic heterocycles. The van der Waals surface area contributed by atoms with E-state index >= 15 is 0 Å². The van der Waals surface area contributed by atoms with Crippen LogP contribution in [0.3, 0.4) is 0 Å². The second kappa shape index (κ2) is 8.94. The number of para-hydroxylation sites is 1. The standard InChI is InChI=1S/C28H27NO4/c1-17-13-14-20(15-19(17)3)26(30)24-25(22-11-7-5-9-18(22)2)29(28(32)27(24)31)16-21-10-6-8-12-23(21)33-4/h5-15,25,30H,16H2,1-4H3/b26-24+. The summed E-state index contributed by atoms with van der Waals surface area (Å²) in [6.07, 6.45) is 0. The molecule has 0 spiro atoms. The first kappa shape index (κ1) is 22.3. The Morgan fingerprint density at radius 1 is 0.909 bits per heavy atom. The molecule has 1 amide bonds. The summed E-state index contributed by atoms with van der Waals surface area (Å²) in [7, 11) is 1.57. The molecule has 1 atom stereocenters. The van der Waals surface area contributed by atoms with Gasteiger partial charge in [-0.25, -0.2) is 0 Å². The molecule has 1 N–H and O–H groups in total. The lowest BCUT2D eigenvalue weighted by Gasteiger charge is -2.27. The molecule has 4 rings (SSSR count). The number of Topliss-reactive ketones (excluding diaryl/α,β-unsaturated/α-hetero) is 1. The number of hydrogen-bond acceptors (Lipinski definition) is 4. The van der Waals surface area contributed by atoms with E-state index in [0.29, 0.717) is 11.3 Å². The zero-order chi connectivity index (χ0) is 23.7. The van der Waals surface area contributed by atoms with Crippen LogP contribution in [-0.2, 0) is 16.1 Å². The van der Waals surface area contributed by atoms with Gasteiger partial charge >= 0.3 is 0 Å². The van der Waals surface area contributed by atoms with Gasteiger partial charge in [-0.05, 0) is 55.2 Å². The van der Waals surface area contributed by atoms with Crippen LogP contribution in [-0.4, -0.2) is 28.8 Å². The average Bonchev–Trinajstić information content (AvgIpc) is 3.06. The van der Waals surface area contributed by atoms with Gasteiger partial charge in [0.1, 0.15) is 11.5 Å². The largest absolute Gasteiger partial charge is 0.507 e. The Labute approximate surface area is 193 Å². The molecule has 1 aliphatic rings. The second-order valence-corrected chi connectivity index (χ2v) is 8.39. The van der Waals surface area contributed by atoms with Crippen molar-refractivity contribution in [3.05, 3.63) is 106 Å². The highest BCUT2D eigenvalue weighted by atomic mass is 16.5. The minimum Gasteiger partial charge on any atom is -0.507 e. The van der Waals surface area contributed by atoms with Gasteiger partial charge < -0.3 is 14.7 Å². The Morgan fingerprint density at radius 3 is 2.30 bits per heavy atom. The second-order valence-electron chi connectivity index (χ2n) is 8.39. The maximum absolute atomic E-state index is 13.3. The van der Waals surface area contributed by atoms with E-state index in [1.54, 1.807) is 13.2 Å². The van der Waals surface area contributed by atoms with Crippen LogP contribution in [0.25, 0.3) is 5.76 Å². The number of benzene rings is 3. The van der Waals surface area contributed by atoms with Crippen molar-refractivity contribution in [2.45, 2.75) is 33.4 Å². The van der Waals surface area contributed by atoms with Crippen molar-refractivity contribution in [1.82, 2.24) is 4.90 Å². The fourth-order valence-corrected chi connectivity index (χ4v) is 4.32. The summed E-state index contributed by atoms with van der Waals surface area (Å²) in [6.45, 7) is 6.05. The number of carbonyl (C=O) groups is 2. The van der Waals surface area contributed by atoms with Crippen LogP contribution in [0.5, 0.6) is 5.75 Å². The molecule has 5 nitrogen and oxygen atoms in total. The van der Waals surface area contributed by atoms with Crippen molar-refractivity contribution >= 4 is 17.4 Å². The van der Waals surface area contributed by atoms with E-state index < -0.39 is 17.7 Å². The number of amides is 1. The zero-order valence-corrected chi connectivity index (χ0v) is 19.3. The molecular formula is C28H27NO4. The van der Waals surface area contributed by atoms with Gasteiger partial charge in [0.15, 0.2) is 0 Å². The molecule has 0 radical (unpaired) electrons. The van der Waals surface area contributed by atoms with Gasteiger partial charge in [0.2, 0.25) is 0 Å². The third-order valence-electron chi connectivity index (χ3n) is 6.34. The number of ether oxygens (including phenoxy) is 1. The molecule has 1 aliphatic heterocycles. The van der Waals surface area contributed by atoms with Crippen LogP contribution in [0.2, 0.25) is 0 Å². The minimum absolute atomic E-state index is 0.104. The number of carbonyl (C=O) groups excluding carboxylic acids is 2. The van der Waals surface area contributed by atoms with Crippen LogP contribution < -0.4 is 4.74 Å². The summed E-state index contributed by atoms with van der Waals surface area (Å²) in [5, 5.41) is 11.3. The highest BCUT2D eigenvalue weighted by molar-refractivity contribution is 6.46. The van der Waals surface area contributed by atoms with Crippen molar-refractivity contribution in [2.24, 2.45) is 0 Å². The van der Waals surface area contributed by atoms with E-state index in [0.717, 1.165) is 27.8 Å². The monoisotopic (exact) mass is 441 g/mol. The van der Waals surface area contributed by atoms with Crippen LogP contribution in [0.1, 0.15) is 39.4 Å². The van der Waals surface area contributed by atoms with Gasteiger partial charge in [0.25, 0.3) is 11.7 Å². The predicted molar refractivity (Wildman–Crippen MR) is 128 cm³/mol. The van der Waals surface area contributed by atoms with E-state index in [-0.39, 0.29) is 17.9 Å². The van der Waals surface area contributed by atoms with Gasteiger partial charge in [-0.3, -0.25) is 9.59 Å². The molecular weight excluding hydrogens is 414 g/mol. The normalized spacial score (nSPS) is 17.5. The molecule has 0 saturated carbocycles. The van der Waals surface area contributed by atoms with Gasteiger partial charge in [0.05, 0.1) is 25.3 Å². The minimum atomic E-state index is -0.710. The van der Waals surface area contributed by atoms with Gasteiger partial charge in [0, 0.05) is 11.1 Å². The molecule has 3 aromatic carbocycles. The molecule has 3 aromatic rings. The summed E-state index contributed by atoms with van der Waals surface area (Å²) < 4.78 is 5.47. The van der Waals surface area contributed by atoms with E-state index in [1.807, 2.05) is 81.4 Å². The van der Waals surface area contributed by atoms with Crippen LogP contribution in [0, 0.1) is 20.8 Å². The topological polar surface area (TPSA) is 66.8 Å². The third kappa shape index (κ3) is 4.02. The van der Waals surface area contributed by atoms with Gasteiger partial charge in [-0.2, -0.15) is 0 Å². The first-order valence-electron chi connectivity index (χ1n) is 10.9. The summed E-state index contributed by atoms with van der Waals surface area (Å²) in [6, 6.07) is 19.9. The number of rotatable bonds is 5. The highest BCUT2D eigenvalue weighted by Gasteiger charge is 2.46. The maximum atomic E-state index is 13.3. The van der Waals surface area contributed by atoms with Crippen molar-refractivity contribution < 1.29 is 19.4 Å². The number of aliphatic hydroxyl groups excluding tert-OH is 1. The third-order valence-corrected chi connectivity index (χ3v) is 6.34. The number of nitrogens with zero attached hydrogens (tertiary/aromatic N) is 1. The lowest BCUT2D eigenvalue weighted by atomic mass is 9.92. The average molecular weight is 442 g/mol. The summed E-state index contributed by atoms with van der Waals surface area (Å²) >= 11 is 0. The predicted octanol–water partition coefficient (Wildman–Crippen LogP) is 5.24. The van der Waals surface area contributed by atoms with E-state index in [2.05, 4.69) is 0 Å². The van der Waals surface area contributed by atoms with Crippen molar-refractivity contribution in [2.75, 3.05) is 7.11 Å². The lowest BCUT2D eigenvalue weighted by molar-refractivity contribution is -0.140. The molecule has 5 heteroatoms. The number of methoxy groups -OCH3 is 1. The maximum Gasteiger partial charge on any atom is 0.295 e. The Kier molecular flexibility index (Phi) is 6.05. The zero-order valence-electron chi connectivity index (χ0n) is 19.3. The number of hydrogen-bond donors (Lipinski definition) is 1. The van der Waals surface area contributed by atoms with E-state index in [4.69, 9.17) is 4.74 Å². The number of aliphatic hydroxyl groups is 1. The van der Waals surface area contributed by atoms with Crippen LogP contribution in [0.4, 0.5) is 0 Å². The summed E-state index contributed by atoms with van der Waals surface area (Å²) in [5.41, 5.74) is 5.22. The summed E-state index contributed by atoms with van der Waals surface area (Å²) in [4.78, 5) is 28.1. The molecule has 1 fully saturated rings. The Balaban J connectivity index is 1.90. The number of ketones is 1. The van der Waals surface area contributed by atoms with E-state index in [1.165, 1.54) is 4.90 Å². The quantitative estimate of drug-likeness (QED) is 0.334. The number of likely N-dealkylation sites (tertiary alicyclic amines) is 1. The molecule has 1 unspecified atom stereocenters. The highest BCUT2D eigenvalue weighted by Crippen LogP contribution is 2.42. The fraction of sp³-hybridized carbons (Fsp3) is 0.214. The van der Waals surface area contributed by atoms with Crippen molar-refractivity contribution in [3.8, 4) is 5.75 Å². The molecule has 0 bridgehead atoms. The van der Waals surface area contributed by atoms with Crippen LogP contribution in [0.15, 0.2) is 72.3 Å². The molecule has 0 aliphatic carbocycles. The van der Waals surface area contributed by atoms with Crippen molar-refractivity contribution in [3.63, 3.8) is 0 Å². The molecule has 1 saturated heterocycles.